The normalized spacial score (nSPS) is 13.7. The van der Waals surface area contributed by atoms with Gasteiger partial charge in [0.15, 0.2) is 0 Å². The van der Waals surface area contributed by atoms with Crippen molar-refractivity contribution < 1.29 is 37.7 Å². The summed E-state index contributed by atoms with van der Waals surface area (Å²) in [5, 5.41) is 30.3. The first-order valence-corrected chi connectivity index (χ1v) is 20.0. The number of carbonyl (C=O) groups is 2. The maximum Gasteiger partial charge on any atom is 0.328 e. The van der Waals surface area contributed by atoms with Gasteiger partial charge in [0.25, 0.3) is 0 Å². The number of cyclic esters (lactones) is 1. The third-order valence-electron chi connectivity index (χ3n) is 9.38. The molecular formula is C50H51F3N4O5. The van der Waals surface area contributed by atoms with Gasteiger partial charge < -0.3 is 20.3 Å². The molecule has 2 atom stereocenters. The van der Waals surface area contributed by atoms with Crippen molar-refractivity contribution in [3.05, 3.63) is 215 Å². The van der Waals surface area contributed by atoms with E-state index in [4.69, 9.17) is 9.84 Å². The van der Waals surface area contributed by atoms with E-state index in [1.54, 1.807) is 24.3 Å². The summed E-state index contributed by atoms with van der Waals surface area (Å²) in [6.45, 7) is 4.32. The summed E-state index contributed by atoms with van der Waals surface area (Å²) in [5.74, 6) is -1.23. The van der Waals surface area contributed by atoms with Gasteiger partial charge in [-0.1, -0.05) is 115 Å². The molecule has 1 heterocycles. The van der Waals surface area contributed by atoms with Gasteiger partial charge in [-0.2, -0.15) is 5.26 Å². The number of halogens is 3. The fraction of sp³-hybridized carbons (Fsp3) is 0.220. The molecule has 1 aliphatic heterocycles. The summed E-state index contributed by atoms with van der Waals surface area (Å²) in [5.41, 5.74) is 5.44. The highest BCUT2D eigenvalue weighted by Crippen LogP contribution is 2.27. The van der Waals surface area contributed by atoms with Crippen LogP contribution in [0.15, 0.2) is 164 Å². The maximum absolute atomic E-state index is 13.1. The van der Waals surface area contributed by atoms with Crippen molar-refractivity contribution >= 4 is 12.3 Å². The number of carbonyl (C=O) groups excluding carboxylic acids is 2. The predicted octanol–water partition coefficient (Wildman–Crippen LogP) is 8.22. The smallest absolute Gasteiger partial charge is 0.328 e. The second-order valence-electron chi connectivity index (χ2n) is 13.9. The minimum absolute atomic E-state index is 0.0355. The number of nitrogens with zero attached hydrogens (tertiary/aromatic N) is 3. The summed E-state index contributed by atoms with van der Waals surface area (Å²) in [4.78, 5) is 26.1. The van der Waals surface area contributed by atoms with Crippen LogP contribution in [0.25, 0.3) is 0 Å². The Balaban J connectivity index is 0.000000193. The number of aldehydes is 1. The summed E-state index contributed by atoms with van der Waals surface area (Å²) in [6.07, 6.45) is 0.680. The summed E-state index contributed by atoms with van der Waals surface area (Å²) in [7, 11) is 0. The zero-order chi connectivity index (χ0) is 44.4. The second-order valence-corrected chi connectivity index (χ2v) is 13.9. The predicted molar refractivity (Wildman–Crippen MR) is 233 cm³/mol. The van der Waals surface area contributed by atoms with Crippen molar-refractivity contribution in [2.75, 3.05) is 39.5 Å². The highest BCUT2D eigenvalue weighted by Gasteiger charge is 2.33. The van der Waals surface area contributed by atoms with E-state index < -0.39 is 12.1 Å². The lowest BCUT2D eigenvalue weighted by molar-refractivity contribution is -0.158. The molecule has 1 aliphatic rings. The van der Waals surface area contributed by atoms with Crippen molar-refractivity contribution in [3.63, 3.8) is 0 Å². The monoisotopic (exact) mass is 844 g/mol. The summed E-state index contributed by atoms with van der Waals surface area (Å²) < 4.78 is 43.4. The molecular weight excluding hydrogens is 794 g/mol. The number of rotatable bonds is 14. The fourth-order valence-corrected chi connectivity index (χ4v) is 6.31. The van der Waals surface area contributed by atoms with Crippen molar-refractivity contribution in [2.24, 2.45) is 0 Å². The van der Waals surface area contributed by atoms with Crippen LogP contribution in [0.4, 0.5) is 13.2 Å². The highest BCUT2D eigenvalue weighted by molar-refractivity contribution is 5.78. The number of benzene rings is 6. The topological polar surface area (TPSA) is 126 Å². The highest BCUT2D eigenvalue weighted by atomic mass is 19.1. The first-order chi connectivity index (χ1) is 30.2. The van der Waals surface area contributed by atoms with E-state index in [9.17, 15) is 33.1 Å². The molecule has 0 radical (unpaired) electrons. The zero-order valence-electron chi connectivity index (χ0n) is 34.3. The van der Waals surface area contributed by atoms with Crippen molar-refractivity contribution in [1.82, 2.24) is 15.1 Å². The molecule has 3 N–H and O–H groups in total. The van der Waals surface area contributed by atoms with E-state index in [0.29, 0.717) is 51.2 Å². The number of aliphatic hydroxyl groups is 2. The molecule has 322 valence electrons. The maximum atomic E-state index is 13.1. The number of aliphatic hydroxyl groups excluding tert-OH is 2. The lowest BCUT2D eigenvalue weighted by Gasteiger charge is -2.34. The molecule has 2 unspecified atom stereocenters. The molecule has 0 spiro atoms. The molecule has 0 bridgehead atoms. The minimum Gasteiger partial charge on any atom is -0.463 e. The Hall–Kier alpha value is -6.46. The zero-order valence-corrected chi connectivity index (χ0v) is 34.3. The molecule has 1 saturated heterocycles. The van der Waals surface area contributed by atoms with E-state index in [1.165, 1.54) is 54.1 Å². The molecule has 12 heteroatoms. The quantitative estimate of drug-likeness (QED) is 0.0565. The standard InChI is InChI=1S/C17H17FN2O.C17H16FNO2.C9H13NO.C7H5FO/c18-16-8-6-15(7-9-16)17(12-19)20(10-11-21)13-14-4-2-1-3-5-14;18-15-8-6-14(7-9-15)16-17(20)21-11-10-19(16)12-13-4-2-1-3-5-13;11-7-6-10-8-9-4-2-1-3-5-9;8-7-3-1-6(5-9)2-4-7/h1-9,17,21H,10-11,13H2;1-9,16H,10-12H2;1-5,10-11H,6-8H2;1-5H. The molecule has 0 aromatic heterocycles. The van der Waals surface area contributed by atoms with E-state index in [0.717, 1.165) is 28.8 Å². The Morgan fingerprint density at radius 2 is 1.24 bits per heavy atom. The van der Waals surface area contributed by atoms with Crippen molar-refractivity contribution in [2.45, 2.75) is 31.7 Å². The Kier molecular flexibility index (Phi) is 21.3. The second kappa shape index (κ2) is 27.4. The lowest BCUT2D eigenvalue weighted by atomic mass is 10.0. The van der Waals surface area contributed by atoms with Gasteiger partial charge in [-0.15, -0.1) is 0 Å². The Labute approximate surface area is 361 Å². The van der Waals surface area contributed by atoms with E-state index in [2.05, 4.69) is 28.4 Å². The van der Waals surface area contributed by atoms with Gasteiger partial charge in [0.05, 0.1) is 19.3 Å². The molecule has 0 amide bonds. The van der Waals surface area contributed by atoms with Gasteiger partial charge in [-0.05, 0) is 76.3 Å². The molecule has 9 nitrogen and oxygen atoms in total. The van der Waals surface area contributed by atoms with Crippen molar-refractivity contribution in [1.29, 1.82) is 5.26 Å². The Bertz CT molecular complexity index is 2200. The first kappa shape index (κ1) is 48.2. The number of hydrogen-bond donors (Lipinski definition) is 3. The van der Waals surface area contributed by atoms with Crippen LogP contribution in [0.5, 0.6) is 0 Å². The minimum atomic E-state index is -0.516. The first-order valence-electron chi connectivity index (χ1n) is 20.0. The Morgan fingerprint density at radius 3 is 1.76 bits per heavy atom. The van der Waals surface area contributed by atoms with Gasteiger partial charge in [0, 0.05) is 44.8 Å². The number of ether oxygens (including phenoxy) is 1. The number of hydrogen-bond acceptors (Lipinski definition) is 9. The number of morpholine rings is 1. The fourth-order valence-electron chi connectivity index (χ4n) is 6.31. The van der Waals surface area contributed by atoms with E-state index >= 15 is 0 Å². The van der Waals surface area contributed by atoms with Crippen LogP contribution >= 0.6 is 0 Å². The van der Waals surface area contributed by atoms with Gasteiger partial charge in [0.1, 0.15) is 42.4 Å². The van der Waals surface area contributed by atoms with Gasteiger partial charge in [-0.3, -0.25) is 14.6 Å². The average Bonchev–Trinajstić information content (AvgIpc) is 3.30. The van der Waals surface area contributed by atoms with Crippen LogP contribution < -0.4 is 5.32 Å². The van der Waals surface area contributed by atoms with Crippen LogP contribution in [0, 0.1) is 28.8 Å². The van der Waals surface area contributed by atoms with Crippen LogP contribution in [-0.4, -0.2) is 71.7 Å². The van der Waals surface area contributed by atoms with E-state index in [-0.39, 0.29) is 36.6 Å². The van der Waals surface area contributed by atoms with E-state index in [1.807, 2.05) is 83.8 Å². The third-order valence-corrected chi connectivity index (χ3v) is 9.38. The van der Waals surface area contributed by atoms with Gasteiger partial charge >= 0.3 is 5.97 Å². The molecule has 1 fully saturated rings. The summed E-state index contributed by atoms with van der Waals surface area (Å²) >= 11 is 0. The SMILES string of the molecule is N#CC(c1ccc(F)cc1)N(CCO)Cc1ccccc1.O=C1OCCN(Cc2ccccc2)C1c1ccc(F)cc1.O=Cc1ccc(F)cc1.OCCNCc1ccccc1. The van der Waals surface area contributed by atoms with Gasteiger partial charge in [0.2, 0.25) is 0 Å². The third kappa shape index (κ3) is 16.9. The molecule has 7 rings (SSSR count). The molecule has 62 heavy (non-hydrogen) atoms. The van der Waals surface area contributed by atoms with Crippen LogP contribution in [0.3, 0.4) is 0 Å². The number of nitriles is 1. The molecule has 6 aromatic rings. The van der Waals surface area contributed by atoms with Crippen LogP contribution in [0.1, 0.15) is 50.3 Å². The molecule has 6 aromatic carbocycles. The number of nitrogens with one attached hydrogen (secondary N) is 1. The largest absolute Gasteiger partial charge is 0.463 e. The van der Waals surface area contributed by atoms with Gasteiger partial charge in [-0.25, -0.2) is 18.0 Å². The van der Waals surface area contributed by atoms with Crippen molar-refractivity contribution in [3.8, 4) is 6.07 Å². The van der Waals surface area contributed by atoms with Crippen LogP contribution in [-0.2, 0) is 29.2 Å². The van der Waals surface area contributed by atoms with Crippen LogP contribution in [0.2, 0.25) is 0 Å². The summed E-state index contributed by atoms with van der Waals surface area (Å²) in [6, 6.07) is 48.4. The number of esters is 1. The molecule has 0 saturated carbocycles. The molecule has 0 aliphatic carbocycles. The average molecular weight is 845 g/mol. The lowest BCUT2D eigenvalue weighted by Crippen LogP contribution is -2.42. The Morgan fingerprint density at radius 1 is 0.726 bits per heavy atom.